The molecule has 1 fully saturated rings. The Bertz CT molecular complexity index is 1040. The van der Waals surface area contributed by atoms with Crippen LogP contribution in [0.3, 0.4) is 0 Å². The van der Waals surface area contributed by atoms with Crippen LogP contribution in [-0.2, 0) is 4.79 Å². The largest absolute Gasteiger partial charge is 0.497 e. The van der Waals surface area contributed by atoms with E-state index in [0.717, 1.165) is 42.0 Å². The van der Waals surface area contributed by atoms with Crippen LogP contribution in [0.4, 0.5) is 0 Å². The van der Waals surface area contributed by atoms with Gasteiger partial charge in [-0.3, -0.25) is 4.79 Å². The summed E-state index contributed by atoms with van der Waals surface area (Å²) in [5.74, 6) is 0.996. The van der Waals surface area contributed by atoms with Crippen molar-refractivity contribution in [2.45, 2.75) is 40.3 Å². The summed E-state index contributed by atoms with van der Waals surface area (Å²) in [5, 5.41) is 1.87. The van der Waals surface area contributed by atoms with E-state index in [1.165, 1.54) is 4.90 Å². The molecule has 170 valence electrons. The Morgan fingerprint density at radius 1 is 1.00 bits per heavy atom. The van der Waals surface area contributed by atoms with E-state index in [0.29, 0.717) is 0 Å². The van der Waals surface area contributed by atoms with Crippen molar-refractivity contribution in [2.24, 2.45) is 0 Å². The molecule has 0 bridgehead atoms. The molecule has 33 heavy (non-hydrogen) atoms. The molecule has 5 heteroatoms. The average Bonchev–Trinajstić information content (AvgIpc) is 3.35. The highest BCUT2D eigenvalue weighted by molar-refractivity contribution is 8.02. The van der Waals surface area contributed by atoms with E-state index in [2.05, 4.69) is 52.8 Å². The SMILES string of the molecule is COc1ccc(C(Sc2ccccc2)C(=O)N2CCC[C@H]2C/C=C/Sc2ccccc2)cc1. The quantitative estimate of drug-likeness (QED) is 0.306. The first-order chi connectivity index (χ1) is 16.2. The number of methoxy groups -OCH3 is 1. The van der Waals surface area contributed by atoms with Crippen molar-refractivity contribution in [3.63, 3.8) is 0 Å². The molecule has 0 aliphatic carbocycles. The second-order valence-corrected chi connectivity index (χ2v) is 10.1. The van der Waals surface area contributed by atoms with Gasteiger partial charge in [-0.2, -0.15) is 0 Å². The fraction of sp³-hybridized carbons (Fsp3) is 0.250. The molecular weight excluding hydrogens is 446 g/mol. The summed E-state index contributed by atoms with van der Waals surface area (Å²) in [6, 6.07) is 28.7. The van der Waals surface area contributed by atoms with E-state index in [9.17, 15) is 4.79 Å². The Morgan fingerprint density at radius 2 is 1.67 bits per heavy atom. The number of hydrogen-bond acceptors (Lipinski definition) is 4. The molecule has 1 amide bonds. The number of carbonyl (C=O) groups excluding carboxylic acids is 1. The van der Waals surface area contributed by atoms with E-state index in [1.807, 2.05) is 48.5 Å². The van der Waals surface area contributed by atoms with Crippen LogP contribution in [-0.4, -0.2) is 30.5 Å². The fourth-order valence-electron chi connectivity index (χ4n) is 4.03. The average molecular weight is 476 g/mol. The van der Waals surface area contributed by atoms with Gasteiger partial charge in [-0.15, -0.1) is 11.8 Å². The lowest BCUT2D eigenvalue weighted by Gasteiger charge is -2.28. The predicted octanol–water partition coefficient (Wildman–Crippen LogP) is 7.22. The van der Waals surface area contributed by atoms with E-state index < -0.39 is 0 Å². The molecule has 3 aromatic carbocycles. The monoisotopic (exact) mass is 475 g/mol. The van der Waals surface area contributed by atoms with E-state index >= 15 is 0 Å². The molecule has 0 N–H and O–H groups in total. The predicted molar refractivity (Wildman–Crippen MR) is 139 cm³/mol. The summed E-state index contributed by atoms with van der Waals surface area (Å²) in [7, 11) is 1.66. The zero-order valence-electron chi connectivity index (χ0n) is 18.8. The first kappa shape index (κ1) is 23.5. The number of likely N-dealkylation sites (tertiary alicyclic amines) is 1. The van der Waals surface area contributed by atoms with E-state index in [4.69, 9.17) is 4.74 Å². The molecule has 1 aliphatic rings. The van der Waals surface area contributed by atoms with Gasteiger partial charge in [-0.1, -0.05) is 66.4 Å². The van der Waals surface area contributed by atoms with Crippen LogP contribution in [0.5, 0.6) is 5.75 Å². The van der Waals surface area contributed by atoms with Gasteiger partial charge in [0.25, 0.3) is 0 Å². The molecule has 2 atom stereocenters. The van der Waals surface area contributed by atoms with Gasteiger partial charge in [0, 0.05) is 22.4 Å². The number of rotatable bonds is 9. The van der Waals surface area contributed by atoms with Crippen molar-refractivity contribution in [3.05, 3.63) is 102 Å². The van der Waals surface area contributed by atoms with Crippen LogP contribution in [0.25, 0.3) is 0 Å². The zero-order valence-corrected chi connectivity index (χ0v) is 20.4. The number of hydrogen-bond donors (Lipinski definition) is 0. The Labute approximate surface area is 205 Å². The van der Waals surface area contributed by atoms with Crippen LogP contribution in [0.1, 0.15) is 30.1 Å². The van der Waals surface area contributed by atoms with Crippen LogP contribution >= 0.6 is 23.5 Å². The summed E-state index contributed by atoms with van der Waals surface area (Å²) in [6.07, 6.45) is 5.20. The maximum absolute atomic E-state index is 13.8. The molecule has 1 unspecified atom stereocenters. The van der Waals surface area contributed by atoms with Crippen molar-refractivity contribution < 1.29 is 9.53 Å². The first-order valence-electron chi connectivity index (χ1n) is 11.3. The van der Waals surface area contributed by atoms with Crippen molar-refractivity contribution in [1.29, 1.82) is 0 Å². The molecular formula is C28H29NO2S2. The zero-order chi connectivity index (χ0) is 22.9. The first-order valence-corrected chi connectivity index (χ1v) is 13.0. The minimum Gasteiger partial charge on any atom is -0.497 e. The number of ether oxygens (including phenoxy) is 1. The molecule has 1 heterocycles. The third-order valence-corrected chi connectivity index (χ3v) is 7.88. The highest BCUT2D eigenvalue weighted by Gasteiger charge is 2.34. The lowest BCUT2D eigenvalue weighted by molar-refractivity contribution is -0.131. The Balaban J connectivity index is 1.47. The smallest absolute Gasteiger partial charge is 0.240 e. The second kappa shape index (κ2) is 12.0. The topological polar surface area (TPSA) is 29.5 Å². The standard InChI is InChI=1S/C28H29NO2S2/c1-31-24-18-16-22(17-19-24)27(33-26-14-6-3-7-15-26)28(30)29-20-8-10-23(29)11-9-21-32-25-12-4-2-5-13-25/h2-7,9,12-19,21,23,27H,8,10-11,20H2,1H3/b21-9+/t23-,27?/m0/s1. The molecule has 4 rings (SSSR count). The molecule has 0 aromatic heterocycles. The molecule has 1 aliphatic heterocycles. The van der Waals surface area contributed by atoms with E-state index in [-0.39, 0.29) is 17.2 Å². The van der Waals surface area contributed by atoms with Gasteiger partial charge in [-0.05, 0) is 66.6 Å². The highest BCUT2D eigenvalue weighted by atomic mass is 32.2. The summed E-state index contributed by atoms with van der Waals surface area (Å²) in [5.41, 5.74) is 1.01. The molecule has 0 radical (unpaired) electrons. The van der Waals surface area contributed by atoms with Gasteiger partial charge in [0.15, 0.2) is 0 Å². The third kappa shape index (κ3) is 6.46. The number of carbonyl (C=O) groups is 1. The van der Waals surface area contributed by atoms with Crippen molar-refractivity contribution >= 4 is 29.4 Å². The second-order valence-electron chi connectivity index (χ2n) is 7.95. The highest BCUT2D eigenvalue weighted by Crippen LogP contribution is 2.39. The maximum atomic E-state index is 13.8. The van der Waals surface area contributed by atoms with Crippen molar-refractivity contribution in [3.8, 4) is 5.75 Å². The normalized spacial score (nSPS) is 16.8. The lowest BCUT2D eigenvalue weighted by atomic mass is 10.1. The van der Waals surface area contributed by atoms with E-state index in [1.54, 1.807) is 30.6 Å². The Morgan fingerprint density at radius 3 is 2.33 bits per heavy atom. The number of thioether (sulfide) groups is 2. The van der Waals surface area contributed by atoms with Crippen LogP contribution in [0, 0.1) is 0 Å². The third-order valence-electron chi connectivity index (χ3n) is 5.75. The number of benzene rings is 3. The molecule has 0 spiro atoms. The molecule has 3 nitrogen and oxygen atoms in total. The number of nitrogens with zero attached hydrogens (tertiary/aromatic N) is 1. The summed E-state index contributed by atoms with van der Waals surface area (Å²) >= 11 is 3.35. The van der Waals surface area contributed by atoms with Crippen molar-refractivity contribution in [2.75, 3.05) is 13.7 Å². The Hall–Kier alpha value is -2.63. The minimum absolute atomic E-state index is 0.195. The summed E-state index contributed by atoms with van der Waals surface area (Å²) in [6.45, 7) is 0.825. The number of amides is 1. The van der Waals surface area contributed by atoms with Gasteiger partial charge >= 0.3 is 0 Å². The van der Waals surface area contributed by atoms with Crippen LogP contribution < -0.4 is 4.74 Å². The van der Waals surface area contributed by atoms with Crippen molar-refractivity contribution in [1.82, 2.24) is 4.90 Å². The minimum atomic E-state index is -0.276. The summed E-state index contributed by atoms with van der Waals surface area (Å²) < 4.78 is 5.32. The lowest BCUT2D eigenvalue weighted by Crippen LogP contribution is -2.37. The van der Waals surface area contributed by atoms with Gasteiger partial charge in [0.05, 0.1) is 7.11 Å². The van der Waals surface area contributed by atoms with Gasteiger partial charge in [0.2, 0.25) is 5.91 Å². The molecule has 1 saturated heterocycles. The maximum Gasteiger partial charge on any atom is 0.240 e. The van der Waals surface area contributed by atoms with Crippen LogP contribution in [0.15, 0.2) is 106 Å². The van der Waals surface area contributed by atoms with Crippen LogP contribution in [0.2, 0.25) is 0 Å². The Kier molecular flexibility index (Phi) is 8.56. The fourth-order valence-corrected chi connectivity index (χ4v) is 5.83. The molecule has 3 aromatic rings. The van der Waals surface area contributed by atoms with Gasteiger partial charge < -0.3 is 9.64 Å². The van der Waals surface area contributed by atoms with Gasteiger partial charge in [-0.25, -0.2) is 0 Å². The molecule has 0 saturated carbocycles. The summed E-state index contributed by atoms with van der Waals surface area (Å²) in [4.78, 5) is 18.2. The van der Waals surface area contributed by atoms with Gasteiger partial charge in [0.1, 0.15) is 11.0 Å².